The van der Waals surface area contributed by atoms with Crippen molar-refractivity contribution in [3.05, 3.63) is 64.4 Å². The first-order valence-electron chi connectivity index (χ1n) is 9.31. The van der Waals surface area contributed by atoms with Crippen LogP contribution in [0.4, 0.5) is 0 Å². The van der Waals surface area contributed by atoms with Gasteiger partial charge in [-0.25, -0.2) is 0 Å². The Morgan fingerprint density at radius 2 is 2.00 bits per heavy atom. The van der Waals surface area contributed by atoms with Gasteiger partial charge in [-0.05, 0) is 55.0 Å². The molecule has 1 aromatic carbocycles. The highest BCUT2D eigenvalue weighted by molar-refractivity contribution is 6.30. The summed E-state index contributed by atoms with van der Waals surface area (Å²) in [6.07, 6.45) is 4.24. The molecule has 27 heavy (non-hydrogen) atoms. The number of pyridine rings is 1. The second kappa shape index (κ2) is 9.00. The average molecular weight is 386 g/mol. The number of piperidine rings is 1. The normalized spacial score (nSPS) is 14.8. The van der Waals surface area contributed by atoms with Gasteiger partial charge >= 0.3 is 0 Å². The molecule has 1 aromatic heterocycles. The number of likely N-dealkylation sites (tertiary alicyclic amines) is 1. The fraction of sp³-hybridized carbons (Fsp3) is 0.381. The third kappa shape index (κ3) is 5.30. The van der Waals surface area contributed by atoms with Crippen LogP contribution in [0.3, 0.4) is 0 Å². The lowest BCUT2D eigenvalue weighted by Gasteiger charge is -2.30. The van der Waals surface area contributed by atoms with E-state index < -0.39 is 0 Å². The lowest BCUT2D eigenvalue weighted by atomic mass is 9.98. The summed E-state index contributed by atoms with van der Waals surface area (Å²) in [4.78, 5) is 31.0. The van der Waals surface area contributed by atoms with Gasteiger partial charge in [-0.15, -0.1) is 0 Å². The molecule has 5 nitrogen and oxygen atoms in total. The number of halogens is 1. The fourth-order valence-electron chi connectivity index (χ4n) is 3.19. The van der Waals surface area contributed by atoms with E-state index in [1.165, 1.54) is 6.20 Å². The Kier molecular flexibility index (Phi) is 6.45. The van der Waals surface area contributed by atoms with E-state index in [1.54, 1.807) is 12.1 Å². The first-order chi connectivity index (χ1) is 13.0. The Hall–Kier alpha value is -2.40. The molecular formula is C21H24ClN3O2. The summed E-state index contributed by atoms with van der Waals surface area (Å²) >= 11 is 5.97. The zero-order valence-electron chi connectivity index (χ0n) is 15.5. The van der Waals surface area contributed by atoms with Crippen molar-refractivity contribution in [2.45, 2.75) is 26.2 Å². The molecule has 1 saturated heterocycles. The lowest BCUT2D eigenvalue weighted by molar-refractivity contribution is 0.0697. The van der Waals surface area contributed by atoms with Crippen LogP contribution in [0, 0.1) is 5.92 Å². The average Bonchev–Trinajstić information content (AvgIpc) is 2.68. The van der Waals surface area contributed by atoms with E-state index in [9.17, 15) is 9.59 Å². The minimum Gasteiger partial charge on any atom is -0.350 e. The molecule has 1 fully saturated rings. The van der Waals surface area contributed by atoms with Crippen molar-refractivity contribution in [2.24, 2.45) is 5.92 Å². The SMILES string of the molecule is CC1CCN(C(=O)c2ccnc(C(=O)NCCc3cccc(Cl)c3)c2)CC1. The third-order valence-electron chi connectivity index (χ3n) is 4.90. The van der Waals surface area contributed by atoms with Crippen LogP contribution < -0.4 is 5.32 Å². The van der Waals surface area contributed by atoms with Crippen molar-refractivity contribution in [1.82, 2.24) is 15.2 Å². The quantitative estimate of drug-likeness (QED) is 0.855. The summed E-state index contributed by atoms with van der Waals surface area (Å²) in [6.45, 7) is 4.22. The molecule has 0 radical (unpaired) electrons. The number of carbonyl (C=O) groups is 2. The molecule has 0 atom stereocenters. The Balaban J connectivity index is 1.57. The zero-order valence-corrected chi connectivity index (χ0v) is 16.2. The second-order valence-corrected chi connectivity index (χ2v) is 7.48. The smallest absolute Gasteiger partial charge is 0.269 e. The van der Waals surface area contributed by atoms with Crippen LogP contribution in [0.1, 0.15) is 46.2 Å². The Labute approximate surface area is 164 Å². The number of hydrogen-bond donors (Lipinski definition) is 1. The number of benzene rings is 1. The van der Waals surface area contributed by atoms with Crippen molar-refractivity contribution >= 4 is 23.4 Å². The molecule has 0 aliphatic carbocycles. The highest BCUT2D eigenvalue weighted by Crippen LogP contribution is 2.18. The summed E-state index contributed by atoms with van der Waals surface area (Å²) < 4.78 is 0. The van der Waals surface area contributed by atoms with E-state index in [-0.39, 0.29) is 17.5 Å². The fourth-order valence-corrected chi connectivity index (χ4v) is 3.40. The van der Waals surface area contributed by atoms with E-state index in [4.69, 9.17) is 11.6 Å². The Morgan fingerprint density at radius 1 is 1.22 bits per heavy atom. The van der Waals surface area contributed by atoms with Crippen molar-refractivity contribution in [1.29, 1.82) is 0 Å². The topological polar surface area (TPSA) is 62.3 Å². The van der Waals surface area contributed by atoms with Gasteiger partial charge in [0, 0.05) is 36.4 Å². The predicted molar refractivity (Wildman–Crippen MR) is 106 cm³/mol. The number of hydrogen-bond acceptors (Lipinski definition) is 3. The zero-order chi connectivity index (χ0) is 19.2. The molecule has 0 saturated carbocycles. The maximum absolute atomic E-state index is 12.7. The molecule has 1 N–H and O–H groups in total. The highest BCUT2D eigenvalue weighted by atomic mass is 35.5. The molecule has 2 amide bonds. The van der Waals surface area contributed by atoms with Crippen LogP contribution in [0.2, 0.25) is 5.02 Å². The van der Waals surface area contributed by atoms with Gasteiger partial charge < -0.3 is 10.2 Å². The van der Waals surface area contributed by atoms with Gasteiger partial charge in [0.25, 0.3) is 11.8 Å². The number of nitrogens with zero attached hydrogens (tertiary/aromatic N) is 2. The number of aromatic nitrogens is 1. The molecule has 1 aliphatic heterocycles. The molecule has 142 valence electrons. The minimum atomic E-state index is -0.279. The van der Waals surface area contributed by atoms with Gasteiger partial charge in [-0.3, -0.25) is 14.6 Å². The first-order valence-corrected chi connectivity index (χ1v) is 9.68. The molecule has 2 aromatic rings. The van der Waals surface area contributed by atoms with Crippen LogP contribution in [-0.2, 0) is 6.42 Å². The van der Waals surface area contributed by atoms with E-state index in [0.29, 0.717) is 29.5 Å². The first kappa shape index (κ1) is 19.4. The number of rotatable bonds is 5. The van der Waals surface area contributed by atoms with Crippen LogP contribution in [0.5, 0.6) is 0 Å². The lowest BCUT2D eigenvalue weighted by Crippen LogP contribution is -2.38. The van der Waals surface area contributed by atoms with E-state index in [2.05, 4.69) is 17.2 Å². The summed E-state index contributed by atoms with van der Waals surface area (Å²) in [5.74, 6) is 0.351. The van der Waals surface area contributed by atoms with Crippen molar-refractivity contribution in [2.75, 3.05) is 19.6 Å². The van der Waals surface area contributed by atoms with Gasteiger partial charge in [0.2, 0.25) is 0 Å². The highest BCUT2D eigenvalue weighted by Gasteiger charge is 2.22. The van der Waals surface area contributed by atoms with Gasteiger partial charge in [-0.2, -0.15) is 0 Å². The van der Waals surface area contributed by atoms with Crippen LogP contribution in [-0.4, -0.2) is 41.3 Å². The van der Waals surface area contributed by atoms with Gasteiger partial charge in [0.05, 0.1) is 0 Å². The molecule has 3 rings (SSSR count). The molecular weight excluding hydrogens is 362 g/mol. The largest absolute Gasteiger partial charge is 0.350 e. The molecule has 0 unspecified atom stereocenters. The predicted octanol–water partition coefficient (Wildman–Crippen LogP) is 3.58. The number of nitrogens with one attached hydrogen (secondary N) is 1. The summed E-state index contributed by atoms with van der Waals surface area (Å²) in [7, 11) is 0. The number of carbonyl (C=O) groups excluding carboxylic acids is 2. The van der Waals surface area contributed by atoms with Gasteiger partial charge in [0.15, 0.2) is 0 Å². The monoisotopic (exact) mass is 385 g/mol. The van der Waals surface area contributed by atoms with Crippen molar-refractivity contribution < 1.29 is 9.59 Å². The van der Waals surface area contributed by atoms with Crippen molar-refractivity contribution in [3.8, 4) is 0 Å². The number of amides is 2. The third-order valence-corrected chi connectivity index (χ3v) is 5.13. The summed E-state index contributed by atoms with van der Waals surface area (Å²) in [5.41, 5.74) is 1.83. The summed E-state index contributed by atoms with van der Waals surface area (Å²) in [6, 6.07) is 10.8. The maximum atomic E-state index is 12.7. The van der Waals surface area contributed by atoms with Crippen molar-refractivity contribution in [3.63, 3.8) is 0 Å². The molecule has 0 bridgehead atoms. The maximum Gasteiger partial charge on any atom is 0.269 e. The Morgan fingerprint density at radius 3 is 2.74 bits per heavy atom. The van der Waals surface area contributed by atoms with E-state index >= 15 is 0 Å². The molecule has 6 heteroatoms. The van der Waals surface area contributed by atoms with Crippen LogP contribution >= 0.6 is 11.6 Å². The molecule has 1 aliphatic rings. The second-order valence-electron chi connectivity index (χ2n) is 7.04. The molecule has 0 spiro atoms. The van der Waals surface area contributed by atoms with Gasteiger partial charge in [-0.1, -0.05) is 30.7 Å². The van der Waals surface area contributed by atoms with E-state index in [1.807, 2.05) is 29.2 Å². The van der Waals surface area contributed by atoms with Gasteiger partial charge in [0.1, 0.15) is 5.69 Å². The van der Waals surface area contributed by atoms with Crippen LogP contribution in [0.15, 0.2) is 42.6 Å². The van der Waals surface area contributed by atoms with E-state index in [0.717, 1.165) is 31.5 Å². The standard InChI is InChI=1S/C21H24ClN3O2/c1-15-7-11-25(12-8-15)21(27)17-6-10-23-19(14-17)20(26)24-9-5-16-3-2-4-18(22)13-16/h2-4,6,10,13-15H,5,7-9,11-12H2,1H3,(H,24,26). The van der Waals surface area contributed by atoms with Crippen LogP contribution in [0.25, 0.3) is 0 Å². The minimum absolute atomic E-state index is 0.0303. The Bertz CT molecular complexity index is 817. The molecule has 2 heterocycles. The summed E-state index contributed by atoms with van der Waals surface area (Å²) in [5, 5.41) is 3.53.